The summed E-state index contributed by atoms with van der Waals surface area (Å²) in [6, 6.07) is 0. The molecule has 0 amide bonds. The predicted molar refractivity (Wildman–Crippen MR) is 64.4 cm³/mol. The highest BCUT2D eigenvalue weighted by Crippen LogP contribution is 2.09. The quantitative estimate of drug-likeness (QED) is 0.622. The molecule has 0 rings (SSSR count). The second kappa shape index (κ2) is 9.66. The van der Waals surface area contributed by atoms with Crippen molar-refractivity contribution in [2.45, 2.75) is 26.7 Å². The van der Waals surface area contributed by atoms with Gasteiger partial charge in [0.15, 0.2) is 0 Å². The molecule has 4 nitrogen and oxygen atoms in total. The van der Waals surface area contributed by atoms with Crippen LogP contribution < -0.4 is 0 Å². The topological polar surface area (TPSA) is 63.6 Å². The lowest BCUT2D eigenvalue weighted by Crippen LogP contribution is -2.10. The number of ether oxygens (including phenoxy) is 1. The number of carbonyl (C=O) groups is 2. The molecule has 1 unspecified atom stereocenters. The van der Waals surface area contributed by atoms with Crippen molar-refractivity contribution in [3.8, 4) is 0 Å². The molecule has 0 aliphatic rings. The van der Waals surface area contributed by atoms with Crippen molar-refractivity contribution in [1.29, 1.82) is 0 Å². The van der Waals surface area contributed by atoms with Crippen molar-refractivity contribution in [2.24, 2.45) is 5.92 Å². The first-order valence-electron chi connectivity index (χ1n) is 5.46. The number of rotatable bonds is 9. The molecule has 0 aliphatic heterocycles. The lowest BCUT2D eigenvalue weighted by molar-refractivity contribution is -0.144. The lowest BCUT2D eigenvalue weighted by atomic mass is 10.2. The van der Waals surface area contributed by atoms with E-state index in [0.717, 1.165) is 5.75 Å². The number of hydrogen-bond donors (Lipinski definition) is 1. The minimum atomic E-state index is -0.315. The Labute approximate surface area is 101 Å². The monoisotopic (exact) mass is 248 g/mol. The molecule has 0 radical (unpaired) electrons. The van der Waals surface area contributed by atoms with Crippen LogP contribution in [0.4, 0.5) is 0 Å². The van der Waals surface area contributed by atoms with Crippen molar-refractivity contribution >= 4 is 23.5 Å². The fourth-order valence-electron chi connectivity index (χ4n) is 0.973. The van der Waals surface area contributed by atoms with Crippen LogP contribution in [0.2, 0.25) is 0 Å². The average molecular weight is 248 g/mol. The number of ketones is 1. The normalized spacial score (nSPS) is 12.2. The second-order valence-electron chi connectivity index (χ2n) is 3.65. The molecule has 0 aromatic heterocycles. The SMILES string of the molecule is CCOC(=O)CCC(=O)CSCC(C)CO. The zero-order valence-electron chi connectivity index (χ0n) is 9.90. The molecule has 1 atom stereocenters. The summed E-state index contributed by atoms with van der Waals surface area (Å²) in [5.74, 6) is 1.13. The average Bonchev–Trinajstić information content (AvgIpc) is 2.26. The van der Waals surface area contributed by atoms with E-state index in [9.17, 15) is 9.59 Å². The van der Waals surface area contributed by atoms with E-state index in [1.165, 1.54) is 11.8 Å². The molecular weight excluding hydrogens is 228 g/mol. The van der Waals surface area contributed by atoms with Crippen molar-refractivity contribution in [1.82, 2.24) is 0 Å². The summed E-state index contributed by atoms with van der Waals surface area (Å²) >= 11 is 1.50. The van der Waals surface area contributed by atoms with E-state index in [0.29, 0.717) is 12.4 Å². The summed E-state index contributed by atoms with van der Waals surface area (Å²) in [5, 5.41) is 8.78. The van der Waals surface area contributed by atoms with Gasteiger partial charge in [0.25, 0.3) is 0 Å². The Kier molecular flexibility index (Phi) is 9.33. The van der Waals surface area contributed by atoms with Crippen molar-refractivity contribution in [2.75, 3.05) is 24.7 Å². The summed E-state index contributed by atoms with van der Waals surface area (Å²) < 4.78 is 4.72. The molecule has 1 N–H and O–H groups in total. The molecule has 0 bridgehead atoms. The van der Waals surface area contributed by atoms with E-state index in [4.69, 9.17) is 9.84 Å². The fourth-order valence-corrected chi connectivity index (χ4v) is 1.97. The number of Topliss-reactive ketones (excluding diaryl/α,β-unsaturated/α-hetero) is 1. The maximum absolute atomic E-state index is 11.3. The van der Waals surface area contributed by atoms with Gasteiger partial charge >= 0.3 is 5.97 Å². The van der Waals surface area contributed by atoms with Crippen molar-refractivity contribution in [3.63, 3.8) is 0 Å². The van der Waals surface area contributed by atoms with Crippen LogP contribution in [-0.4, -0.2) is 41.6 Å². The van der Waals surface area contributed by atoms with Crippen molar-refractivity contribution in [3.05, 3.63) is 0 Å². The highest BCUT2D eigenvalue weighted by Gasteiger charge is 2.08. The van der Waals surface area contributed by atoms with Crippen LogP contribution in [0.15, 0.2) is 0 Å². The largest absolute Gasteiger partial charge is 0.466 e. The Morgan fingerprint density at radius 1 is 1.38 bits per heavy atom. The second-order valence-corrected chi connectivity index (χ2v) is 4.68. The zero-order chi connectivity index (χ0) is 12.4. The number of hydrogen-bond acceptors (Lipinski definition) is 5. The molecule has 16 heavy (non-hydrogen) atoms. The van der Waals surface area contributed by atoms with Gasteiger partial charge in [0.2, 0.25) is 0 Å². The van der Waals surface area contributed by atoms with Crippen LogP contribution in [-0.2, 0) is 14.3 Å². The Hall–Kier alpha value is -0.550. The van der Waals surface area contributed by atoms with Crippen LogP contribution in [0.1, 0.15) is 26.7 Å². The van der Waals surface area contributed by atoms with Gasteiger partial charge in [0, 0.05) is 13.0 Å². The molecule has 0 aliphatic carbocycles. The summed E-state index contributed by atoms with van der Waals surface area (Å²) in [6.45, 7) is 4.17. The van der Waals surface area contributed by atoms with Crippen LogP contribution in [0, 0.1) is 5.92 Å². The lowest BCUT2D eigenvalue weighted by Gasteiger charge is -2.06. The van der Waals surface area contributed by atoms with Crippen LogP contribution >= 0.6 is 11.8 Å². The third-order valence-electron chi connectivity index (χ3n) is 1.89. The zero-order valence-corrected chi connectivity index (χ0v) is 10.7. The summed E-state index contributed by atoms with van der Waals surface area (Å²) in [4.78, 5) is 22.3. The van der Waals surface area contributed by atoms with Gasteiger partial charge in [0.05, 0.1) is 18.8 Å². The maximum atomic E-state index is 11.3. The predicted octanol–water partition coefficient (Wildman–Crippen LogP) is 1.26. The van der Waals surface area contributed by atoms with Gasteiger partial charge in [-0.2, -0.15) is 11.8 Å². The first kappa shape index (κ1) is 15.4. The van der Waals surface area contributed by atoms with Crippen LogP contribution in [0.5, 0.6) is 0 Å². The molecule has 0 saturated carbocycles. The van der Waals surface area contributed by atoms with Gasteiger partial charge in [-0.15, -0.1) is 0 Å². The molecule has 0 aromatic rings. The van der Waals surface area contributed by atoms with E-state index in [-0.39, 0.29) is 37.1 Å². The molecule has 0 fully saturated rings. The van der Waals surface area contributed by atoms with Gasteiger partial charge in [-0.1, -0.05) is 6.92 Å². The minimum Gasteiger partial charge on any atom is -0.466 e. The summed E-state index contributed by atoms with van der Waals surface area (Å²) in [6.07, 6.45) is 0.419. The Morgan fingerprint density at radius 2 is 2.06 bits per heavy atom. The van der Waals surface area contributed by atoms with Crippen LogP contribution in [0.25, 0.3) is 0 Å². The molecule has 0 saturated heterocycles. The molecule has 0 heterocycles. The minimum absolute atomic E-state index is 0.0585. The number of carbonyl (C=O) groups excluding carboxylic acids is 2. The number of esters is 1. The standard InChI is InChI=1S/C11H20O4S/c1-3-15-11(14)5-4-10(13)8-16-7-9(2)6-12/h9,12H,3-8H2,1-2H3. The maximum Gasteiger partial charge on any atom is 0.306 e. The highest BCUT2D eigenvalue weighted by molar-refractivity contribution is 7.99. The Balaban J connectivity index is 3.48. The number of thioether (sulfide) groups is 1. The van der Waals surface area contributed by atoms with Gasteiger partial charge < -0.3 is 9.84 Å². The van der Waals surface area contributed by atoms with E-state index in [1.807, 2.05) is 6.92 Å². The van der Waals surface area contributed by atoms with Gasteiger partial charge in [-0.05, 0) is 18.6 Å². The third kappa shape index (κ3) is 8.73. The van der Waals surface area contributed by atoms with E-state index in [1.54, 1.807) is 6.92 Å². The third-order valence-corrected chi connectivity index (χ3v) is 3.22. The first-order chi connectivity index (χ1) is 7.60. The first-order valence-corrected chi connectivity index (χ1v) is 6.61. The fraction of sp³-hybridized carbons (Fsp3) is 0.818. The van der Waals surface area contributed by atoms with E-state index >= 15 is 0 Å². The van der Waals surface area contributed by atoms with Gasteiger partial charge in [0.1, 0.15) is 5.78 Å². The summed E-state index contributed by atoms with van der Waals surface area (Å²) in [5.41, 5.74) is 0. The Morgan fingerprint density at radius 3 is 2.62 bits per heavy atom. The molecular formula is C11H20O4S. The van der Waals surface area contributed by atoms with E-state index in [2.05, 4.69) is 0 Å². The molecule has 5 heteroatoms. The van der Waals surface area contributed by atoms with Gasteiger partial charge in [-0.25, -0.2) is 0 Å². The van der Waals surface area contributed by atoms with Gasteiger partial charge in [-0.3, -0.25) is 9.59 Å². The number of aliphatic hydroxyl groups is 1. The smallest absolute Gasteiger partial charge is 0.306 e. The summed E-state index contributed by atoms with van der Waals surface area (Å²) in [7, 11) is 0. The molecule has 94 valence electrons. The number of aliphatic hydroxyl groups excluding tert-OH is 1. The molecule has 0 spiro atoms. The van der Waals surface area contributed by atoms with Crippen LogP contribution in [0.3, 0.4) is 0 Å². The Bertz CT molecular complexity index is 218. The highest BCUT2D eigenvalue weighted by atomic mass is 32.2. The van der Waals surface area contributed by atoms with Crippen molar-refractivity contribution < 1.29 is 19.4 Å². The van der Waals surface area contributed by atoms with E-state index < -0.39 is 0 Å². The molecule has 0 aromatic carbocycles.